The molecule has 0 radical (unpaired) electrons. The van der Waals surface area contributed by atoms with Gasteiger partial charge in [-0.25, -0.2) is 4.39 Å². The molecule has 6 heteroatoms. The molecule has 0 bridgehead atoms. The van der Waals surface area contributed by atoms with Crippen molar-refractivity contribution in [2.45, 2.75) is 26.4 Å². The molecule has 3 aromatic rings. The summed E-state index contributed by atoms with van der Waals surface area (Å²) in [5.41, 5.74) is 0.305. The Morgan fingerprint density at radius 3 is 2.69 bits per heavy atom. The number of hydrogen-bond acceptors (Lipinski definition) is 3. The van der Waals surface area contributed by atoms with Gasteiger partial charge in [0.15, 0.2) is 0 Å². The van der Waals surface area contributed by atoms with Crippen LogP contribution in [0.2, 0.25) is 0 Å². The molecule has 0 atom stereocenters. The lowest BCUT2D eigenvalue weighted by Gasteiger charge is -2.14. The molecule has 2 N–H and O–H groups in total. The first kappa shape index (κ1) is 17.7. The second-order valence-electron chi connectivity index (χ2n) is 6.01. The maximum absolute atomic E-state index is 13.2. The number of halogens is 1. The topological polar surface area (TPSA) is 71.3 Å². The number of benzene rings is 2. The van der Waals surface area contributed by atoms with Crippen LogP contribution in [-0.4, -0.2) is 15.6 Å². The van der Waals surface area contributed by atoms with Crippen LogP contribution in [0.3, 0.4) is 0 Å². The van der Waals surface area contributed by atoms with E-state index in [1.807, 2.05) is 6.92 Å². The van der Waals surface area contributed by atoms with Gasteiger partial charge >= 0.3 is 0 Å². The van der Waals surface area contributed by atoms with Gasteiger partial charge in [0.2, 0.25) is 0 Å². The summed E-state index contributed by atoms with van der Waals surface area (Å²) in [6, 6.07) is 12.7. The van der Waals surface area contributed by atoms with Crippen molar-refractivity contribution >= 4 is 16.8 Å². The maximum atomic E-state index is 13.2. The summed E-state index contributed by atoms with van der Waals surface area (Å²) in [4.78, 5) is 25.3. The Bertz CT molecular complexity index is 1030. The number of para-hydroxylation sites is 1. The fraction of sp³-hybridized carbons (Fsp3) is 0.200. The highest BCUT2D eigenvalue weighted by Crippen LogP contribution is 2.26. The molecule has 0 spiro atoms. The number of aromatic hydroxyl groups is 1. The fourth-order valence-electron chi connectivity index (χ4n) is 2.96. The molecule has 26 heavy (non-hydrogen) atoms. The SMILES string of the molecule is CCCn1c(=O)c(C(=O)NCc2cccc(F)c2)c(O)c2ccccc21. The van der Waals surface area contributed by atoms with E-state index in [2.05, 4.69) is 5.32 Å². The van der Waals surface area contributed by atoms with Crippen molar-refractivity contribution in [3.05, 3.63) is 75.8 Å². The van der Waals surface area contributed by atoms with Crippen molar-refractivity contribution < 1.29 is 14.3 Å². The predicted molar refractivity (Wildman–Crippen MR) is 97.7 cm³/mol. The van der Waals surface area contributed by atoms with Crippen LogP contribution >= 0.6 is 0 Å². The van der Waals surface area contributed by atoms with Crippen molar-refractivity contribution in [2.24, 2.45) is 0 Å². The van der Waals surface area contributed by atoms with Crippen LogP contribution in [0.4, 0.5) is 4.39 Å². The minimum Gasteiger partial charge on any atom is -0.506 e. The van der Waals surface area contributed by atoms with Crippen molar-refractivity contribution in [1.29, 1.82) is 0 Å². The molecule has 0 aliphatic rings. The summed E-state index contributed by atoms with van der Waals surface area (Å²) >= 11 is 0. The van der Waals surface area contributed by atoms with E-state index in [0.29, 0.717) is 29.4 Å². The third-order valence-electron chi connectivity index (χ3n) is 4.16. The zero-order valence-electron chi connectivity index (χ0n) is 14.3. The van der Waals surface area contributed by atoms with Crippen LogP contribution in [0.15, 0.2) is 53.3 Å². The van der Waals surface area contributed by atoms with E-state index >= 15 is 0 Å². The minimum absolute atomic E-state index is 0.0517. The van der Waals surface area contributed by atoms with Gasteiger partial charge < -0.3 is 15.0 Å². The Kier molecular flexibility index (Phi) is 5.02. The highest BCUT2D eigenvalue weighted by molar-refractivity contribution is 6.02. The van der Waals surface area contributed by atoms with Crippen LogP contribution in [0.1, 0.15) is 29.3 Å². The van der Waals surface area contributed by atoms with E-state index in [9.17, 15) is 19.1 Å². The molecule has 134 valence electrons. The monoisotopic (exact) mass is 354 g/mol. The molecule has 1 amide bonds. The number of aromatic nitrogens is 1. The summed E-state index contributed by atoms with van der Waals surface area (Å²) in [5, 5.41) is 13.5. The van der Waals surface area contributed by atoms with Crippen LogP contribution < -0.4 is 10.9 Å². The molecule has 0 aliphatic carbocycles. The molecule has 0 aliphatic heterocycles. The Morgan fingerprint density at radius 1 is 1.19 bits per heavy atom. The van der Waals surface area contributed by atoms with Gasteiger partial charge in [0.1, 0.15) is 17.1 Å². The number of fused-ring (bicyclic) bond motifs is 1. The standard InChI is InChI=1S/C20H19FN2O3/c1-2-10-23-16-9-4-3-8-15(16)18(24)17(20(23)26)19(25)22-12-13-6-5-7-14(21)11-13/h3-9,11,24H,2,10,12H2,1H3,(H,22,25). The molecular formula is C20H19FN2O3. The van der Waals surface area contributed by atoms with E-state index in [0.717, 1.165) is 0 Å². The number of aryl methyl sites for hydroxylation is 1. The van der Waals surface area contributed by atoms with Crippen LogP contribution in [0.5, 0.6) is 5.75 Å². The molecule has 1 aromatic heterocycles. The Balaban J connectivity index is 2.01. The van der Waals surface area contributed by atoms with Crippen LogP contribution in [-0.2, 0) is 13.1 Å². The van der Waals surface area contributed by atoms with Gasteiger partial charge in [0.05, 0.1) is 5.52 Å². The normalized spacial score (nSPS) is 10.8. The number of pyridine rings is 1. The lowest BCUT2D eigenvalue weighted by atomic mass is 10.1. The number of carbonyl (C=O) groups excluding carboxylic acids is 1. The molecule has 0 unspecified atom stereocenters. The lowest BCUT2D eigenvalue weighted by Crippen LogP contribution is -2.33. The minimum atomic E-state index is -0.688. The van der Waals surface area contributed by atoms with Crippen LogP contribution in [0, 0.1) is 5.82 Å². The second kappa shape index (κ2) is 7.39. The first-order valence-corrected chi connectivity index (χ1v) is 8.40. The number of hydrogen-bond donors (Lipinski definition) is 2. The first-order valence-electron chi connectivity index (χ1n) is 8.40. The summed E-state index contributed by atoms with van der Waals surface area (Å²) in [7, 11) is 0. The van der Waals surface area contributed by atoms with E-state index in [1.54, 1.807) is 36.4 Å². The second-order valence-corrected chi connectivity index (χ2v) is 6.01. The lowest BCUT2D eigenvalue weighted by molar-refractivity contribution is 0.0946. The zero-order chi connectivity index (χ0) is 18.7. The van der Waals surface area contributed by atoms with E-state index in [4.69, 9.17) is 0 Å². The number of rotatable bonds is 5. The molecule has 5 nitrogen and oxygen atoms in total. The summed E-state index contributed by atoms with van der Waals surface area (Å²) in [6.45, 7) is 2.41. The molecule has 0 saturated carbocycles. The Labute approximate surface area is 149 Å². The summed E-state index contributed by atoms with van der Waals surface area (Å²) in [6.07, 6.45) is 0.707. The van der Waals surface area contributed by atoms with Gasteiger partial charge in [-0.15, -0.1) is 0 Å². The number of nitrogens with zero attached hydrogens (tertiary/aromatic N) is 1. The van der Waals surface area contributed by atoms with Crippen molar-refractivity contribution in [2.75, 3.05) is 0 Å². The van der Waals surface area contributed by atoms with Crippen LogP contribution in [0.25, 0.3) is 10.9 Å². The third-order valence-corrected chi connectivity index (χ3v) is 4.16. The molecule has 2 aromatic carbocycles. The third kappa shape index (κ3) is 3.31. The Morgan fingerprint density at radius 2 is 1.96 bits per heavy atom. The predicted octanol–water partition coefficient (Wildman–Crippen LogP) is 3.19. The highest BCUT2D eigenvalue weighted by Gasteiger charge is 2.21. The fourth-order valence-corrected chi connectivity index (χ4v) is 2.96. The van der Waals surface area contributed by atoms with Gasteiger partial charge in [-0.2, -0.15) is 0 Å². The number of carbonyl (C=O) groups is 1. The summed E-state index contributed by atoms with van der Waals surface area (Å²) in [5.74, 6) is -1.43. The first-order chi connectivity index (χ1) is 12.5. The van der Waals surface area contributed by atoms with Gasteiger partial charge in [-0.3, -0.25) is 9.59 Å². The summed E-state index contributed by atoms with van der Waals surface area (Å²) < 4.78 is 14.7. The quantitative estimate of drug-likeness (QED) is 0.739. The number of nitrogens with one attached hydrogen (secondary N) is 1. The van der Waals surface area contributed by atoms with E-state index in [-0.39, 0.29) is 17.9 Å². The maximum Gasteiger partial charge on any atom is 0.267 e. The van der Waals surface area contributed by atoms with E-state index in [1.165, 1.54) is 16.7 Å². The highest BCUT2D eigenvalue weighted by atomic mass is 19.1. The molecule has 0 saturated heterocycles. The van der Waals surface area contributed by atoms with Gasteiger partial charge in [-0.05, 0) is 36.2 Å². The van der Waals surface area contributed by atoms with Crippen molar-refractivity contribution in [1.82, 2.24) is 9.88 Å². The molecule has 1 heterocycles. The molecular weight excluding hydrogens is 335 g/mol. The van der Waals surface area contributed by atoms with Crippen molar-refractivity contribution in [3.63, 3.8) is 0 Å². The van der Waals surface area contributed by atoms with E-state index < -0.39 is 17.3 Å². The van der Waals surface area contributed by atoms with Crippen molar-refractivity contribution in [3.8, 4) is 5.75 Å². The number of amides is 1. The zero-order valence-corrected chi connectivity index (χ0v) is 14.3. The average molecular weight is 354 g/mol. The van der Waals surface area contributed by atoms with Gasteiger partial charge in [0.25, 0.3) is 11.5 Å². The average Bonchev–Trinajstić information content (AvgIpc) is 2.64. The van der Waals surface area contributed by atoms with Gasteiger partial charge in [0, 0.05) is 18.5 Å². The molecule has 0 fully saturated rings. The Hall–Kier alpha value is -3.15. The van der Waals surface area contributed by atoms with Gasteiger partial charge in [-0.1, -0.05) is 31.2 Å². The smallest absolute Gasteiger partial charge is 0.267 e. The largest absolute Gasteiger partial charge is 0.506 e. The molecule has 3 rings (SSSR count).